The third-order valence-electron chi connectivity index (χ3n) is 4.11. The van der Waals surface area contributed by atoms with E-state index in [0.29, 0.717) is 11.8 Å². The predicted octanol–water partition coefficient (Wildman–Crippen LogP) is 3.30. The summed E-state index contributed by atoms with van der Waals surface area (Å²) in [6, 6.07) is 7.89. The van der Waals surface area contributed by atoms with Crippen LogP contribution in [0.3, 0.4) is 0 Å². The SMILES string of the molecule is Cc1cccc(NC(=O)[C@H](C)N2C[C@H](C)C[C@@H](C)C2)c1. The van der Waals surface area contributed by atoms with E-state index in [9.17, 15) is 4.79 Å². The van der Waals surface area contributed by atoms with Crippen molar-refractivity contribution in [3.63, 3.8) is 0 Å². The first-order valence-electron chi connectivity index (χ1n) is 7.57. The normalized spacial score (nSPS) is 25.2. The average Bonchev–Trinajstić information content (AvgIpc) is 2.36. The van der Waals surface area contributed by atoms with Crippen molar-refractivity contribution in [3.05, 3.63) is 29.8 Å². The summed E-state index contributed by atoms with van der Waals surface area (Å²) in [5.74, 6) is 1.44. The summed E-state index contributed by atoms with van der Waals surface area (Å²) in [6.45, 7) is 10.6. The minimum atomic E-state index is -0.0688. The van der Waals surface area contributed by atoms with E-state index in [1.54, 1.807) is 0 Å². The number of likely N-dealkylation sites (tertiary alicyclic amines) is 1. The Hall–Kier alpha value is -1.35. The van der Waals surface area contributed by atoms with E-state index in [0.717, 1.165) is 24.3 Å². The number of hydrogen-bond donors (Lipinski definition) is 1. The van der Waals surface area contributed by atoms with Crippen molar-refractivity contribution in [3.8, 4) is 0 Å². The smallest absolute Gasteiger partial charge is 0.241 e. The Morgan fingerprint density at radius 2 is 1.95 bits per heavy atom. The summed E-state index contributed by atoms with van der Waals surface area (Å²) in [5, 5.41) is 3.03. The molecule has 1 fully saturated rings. The van der Waals surface area contributed by atoms with Crippen LogP contribution in [0.5, 0.6) is 0 Å². The van der Waals surface area contributed by atoms with Gasteiger partial charge in [-0.1, -0.05) is 26.0 Å². The first-order valence-corrected chi connectivity index (χ1v) is 7.57. The van der Waals surface area contributed by atoms with E-state index < -0.39 is 0 Å². The highest BCUT2D eigenvalue weighted by Crippen LogP contribution is 2.23. The van der Waals surface area contributed by atoms with Crippen LogP contribution in [-0.2, 0) is 4.79 Å². The Morgan fingerprint density at radius 1 is 1.30 bits per heavy atom. The van der Waals surface area contributed by atoms with Crippen molar-refractivity contribution in [2.45, 2.75) is 40.2 Å². The molecule has 2 rings (SSSR count). The Kier molecular flexibility index (Phi) is 4.81. The average molecular weight is 274 g/mol. The number of nitrogens with one attached hydrogen (secondary N) is 1. The van der Waals surface area contributed by atoms with E-state index in [1.165, 1.54) is 6.42 Å². The molecule has 1 N–H and O–H groups in total. The van der Waals surface area contributed by atoms with Crippen molar-refractivity contribution >= 4 is 11.6 Å². The Morgan fingerprint density at radius 3 is 2.55 bits per heavy atom. The Bertz CT molecular complexity index is 462. The fourth-order valence-corrected chi connectivity index (χ4v) is 3.16. The molecule has 3 nitrogen and oxygen atoms in total. The fourth-order valence-electron chi connectivity index (χ4n) is 3.16. The molecule has 0 radical (unpaired) electrons. The lowest BCUT2D eigenvalue weighted by Gasteiger charge is -2.38. The third-order valence-corrected chi connectivity index (χ3v) is 4.11. The monoisotopic (exact) mass is 274 g/mol. The van der Waals surface area contributed by atoms with E-state index in [4.69, 9.17) is 0 Å². The highest BCUT2D eigenvalue weighted by atomic mass is 16.2. The molecule has 0 aromatic heterocycles. The summed E-state index contributed by atoms with van der Waals surface area (Å²) in [6.07, 6.45) is 1.27. The van der Waals surface area contributed by atoms with Gasteiger partial charge in [0, 0.05) is 18.8 Å². The van der Waals surface area contributed by atoms with Crippen LogP contribution in [0.15, 0.2) is 24.3 Å². The highest BCUT2D eigenvalue weighted by Gasteiger charge is 2.28. The molecule has 1 aromatic rings. The highest BCUT2D eigenvalue weighted by molar-refractivity contribution is 5.94. The first kappa shape index (κ1) is 15.0. The quantitative estimate of drug-likeness (QED) is 0.917. The van der Waals surface area contributed by atoms with E-state index >= 15 is 0 Å². The lowest BCUT2D eigenvalue weighted by atomic mass is 9.91. The second-order valence-electron chi connectivity index (χ2n) is 6.43. The molecule has 3 heteroatoms. The molecular formula is C17H26N2O. The van der Waals surface area contributed by atoms with Crippen molar-refractivity contribution in [1.29, 1.82) is 0 Å². The molecule has 3 atom stereocenters. The lowest BCUT2D eigenvalue weighted by Crippen LogP contribution is -2.48. The number of amides is 1. The van der Waals surface area contributed by atoms with Crippen molar-refractivity contribution < 1.29 is 4.79 Å². The summed E-state index contributed by atoms with van der Waals surface area (Å²) < 4.78 is 0. The van der Waals surface area contributed by atoms with Crippen LogP contribution in [0.1, 0.15) is 32.8 Å². The van der Waals surface area contributed by atoms with Gasteiger partial charge in [0.1, 0.15) is 0 Å². The molecular weight excluding hydrogens is 248 g/mol. The third kappa shape index (κ3) is 3.83. The molecule has 0 aliphatic carbocycles. The van der Waals surface area contributed by atoms with Gasteiger partial charge in [-0.3, -0.25) is 9.69 Å². The second kappa shape index (κ2) is 6.40. The number of rotatable bonds is 3. The van der Waals surface area contributed by atoms with Crippen molar-refractivity contribution in [1.82, 2.24) is 4.90 Å². The number of benzene rings is 1. The molecule has 1 aromatic carbocycles. The number of hydrogen-bond acceptors (Lipinski definition) is 2. The number of nitrogens with zero attached hydrogens (tertiary/aromatic N) is 1. The molecule has 0 bridgehead atoms. The van der Waals surface area contributed by atoms with Crippen LogP contribution in [0.25, 0.3) is 0 Å². The van der Waals surface area contributed by atoms with Gasteiger partial charge in [0.15, 0.2) is 0 Å². The van der Waals surface area contributed by atoms with Gasteiger partial charge < -0.3 is 5.32 Å². The summed E-state index contributed by atoms with van der Waals surface area (Å²) in [5.41, 5.74) is 2.05. The molecule has 1 aliphatic heterocycles. The van der Waals surface area contributed by atoms with Crippen molar-refractivity contribution in [2.24, 2.45) is 11.8 Å². The number of carbonyl (C=O) groups excluding carboxylic acids is 1. The number of carbonyl (C=O) groups is 1. The van der Waals surface area contributed by atoms with E-state index in [-0.39, 0.29) is 11.9 Å². The second-order valence-corrected chi connectivity index (χ2v) is 6.43. The maximum Gasteiger partial charge on any atom is 0.241 e. The molecule has 1 amide bonds. The van der Waals surface area contributed by atoms with Gasteiger partial charge in [-0.25, -0.2) is 0 Å². The minimum absolute atomic E-state index is 0.0688. The zero-order chi connectivity index (χ0) is 14.7. The molecule has 0 saturated carbocycles. The van der Waals surface area contributed by atoms with Crippen LogP contribution in [0.4, 0.5) is 5.69 Å². The zero-order valence-electron chi connectivity index (χ0n) is 13.0. The van der Waals surface area contributed by atoms with Gasteiger partial charge in [0.25, 0.3) is 0 Å². The Balaban J connectivity index is 1.98. The summed E-state index contributed by atoms with van der Waals surface area (Å²) in [7, 11) is 0. The van der Waals surface area contributed by atoms with Gasteiger partial charge in [0.2, 0.25) is 5.91 Å². The molecule has 1 aliphatic rings. The maximum atomic E-state index is 12.4. The van der Waals surface area contributed by atoms with Crippen molar-refractivity contribution in [2.75, 3.05) is 18.4 Å². The number of anilines is 1. The molecule has 0 spiro atoms. The van der Waals surface area contributed by atoms with E-state index in [1.807, 2.05) is 38.1 Å². The maximum absolute atomic E-state index is 12.4. The van der Waals surface area contributed by atoms with E-state index in [2.05, 4.69) is 24.1 Å². The summed E-state index contributed by atoms with van der Waals surface area (Å²) in [4.78, 5) is 14.7. The minimum Gasteiger partial charge on any atom is -0.325 e. The number of piperidine rings is 1. The lowest BCUT2D eigenvalue weighted by molar-refractivity contribution is -0.121. The number of aryl methyl sites for hydroxylation is 1. The van der Waals surface area contributed by atoms with Crippen LogP contribution in [0.2, 0.25) is 0 Å². The topological polar surface area (TPSA) is 32.3 Å². The Labute approximate surface area is 122 Å². The van der Waals surface area contributed by atoms with Crippen LogP contribution >= 0.6 is 0 Å². The predicted molar refractivity (Wildman–Crippen MR) is 83.8 cm³/mol. The molecule has 1 heterocycles. The standard InChI is InChI=1S/C17H26N2O/c1-12-6-5-7-16(9-12)18-17(20)15(4)19-10-13(2)8-14(3)11-19/h5-7,9,13-15H,8,10-11H2,1-4H3,(H,18,20)/t13-,14-,15+/m1/s1. The fraction of sp³-hybridized carbons (Fsp3) is 0.588. The van der Waals surface area contributed by atoms with Gasteiger partial charge in [-0.05, 0) is 49.8 Å². The van der Waals surface area contributed by atoms with Gasteiger partial charge in [0.05, 0.1) is 6.04 Å². The first-order chi connectivity index (χ1) is 9.45. The molecule has 20 heavy (non-hydrogen) atoms. The van der Waals surface area contributed by atoms with Crippen LogP contribution in [-0.4, -0.2) is 29.9 Å². The zero-order valence-corrected chi connectivity index (χ0v) is 13.0. The molecule has 0 unspecified atom stereocenters. The van der Waals surface area contributed by atoms with Gasteiger partial charge in [-0.15, -0.1) is 0 Å². The van der Waals surface area contributed by atoms with Crippen LogP contribution in [0, 0.1) is 18.8 Å². The molecule has 110 valence electrons. The van der Waals surface area contributed by atoms with Gasteiger partial charge in [-0.2, -0.15) is 0 Å². The van der Waals surface area contributed by atoms with Gasteiger partial charge >= 0.3 is 0 Å². The largest absolute Gasteiger partial charge is 0.325 e. The summed E-state index contributed by atoms with van der Waals surface area (Å²) >= 11 is 0. The van der Waals surface area contributed by atoms with Crippen LogP contribution < -0.4 is 5.32 Å². The molecule has 1 saturated heterocycles.